The minimum atomic E-state index is -0.0451. The van der Waals surface area contributed by atoms with E-state index in [4.69, 9.17) is 10.8 Å². The van der Waals surface area contributed by atoms with Gasteiger partial charge in [-0.25, -0.2) is 0 Å². The number of nitrogens with zero attached hydrogens (tertiary/aromatic N) is 1. The molecule has 3 nitrogen and oxygen atoms in total. The summed E-state index contributed by atoms with van der Waals surface area (Å²) in [4.78, 5) is 2.53. The summed E-state index contributed by atoms with van der Waals surface area (Å²) in [5, 5.41) is 8.85. The van der Waals surface area contributed by atoms with Crippen LogP contribution in [0, 0.1) is 0 Å². The molecule has 1 fully saturated rings. The maximum Gasteiger partial charge on any atom is 0.0583 e. The second kappa shape index (κ2) is 5.69. The molecule has 1 heterocycles. The van der Waals surface area contributed by atoms with Crippen molar-refractivity contribution in [1.29, 1.82) is 0 Å². The molecule has 3 heteroatoms. The van der Waals surface area contributed by atoms with E-state index in [1.54, 1.807) is 0 Å². The zero-order valence-electron chi connectivity index (χ0n) is 9.45. The van der Waals surface area contributed by atoms with Crippen molar-refractivity contribution in [2.45, 2.75) is 57.7 Å². The third-order valence-corrected chi connectivity index (χ3v) is 3.37. The van der Waals surface area contributed by atoms with E-state index in [1.165, 1.54) is 19.3 Å². The molecule has 1 saturated heterocycles. The highest BCUT2D eigenvalue weighted by Crippen LogP contribution is 2.22. The van der Waals surface area contributed by atoms with Crippen LogP contribution in [0.2, 0.25) is 0 Å². The summed E-state index contributed by atoms with van der Waals surface area (Å²) in [6, 6.07) is 1.32. The molecule has 84 valence electrons. The van der Waals surface area contributed by atoms with Crippen molar-refractivity contribution in [2.75, 3.05) is 13.2 Å². The molecule has 0 bridgehead atoms. The molecule has 0 spiro atoms. The van der Waals surface area contributed by atoms with Gasteiger partial charge < -0.3 is 10.8 Å². The molecule has 0 radical (unpaired) electrons. The number of hydrogen-bond acceptors (Lipinski definition) is 3. The first-order valence-corrected chi connectivity index (χ1v) is 5.77. The number of piperidine rings is 1. The lowest BCUT2D eigenvalue weighted by atomic mass is 9.97. The topological polar surface area (TPSA) is 49.5 Å². The third-order valence-electron chi connectivity index (χ3n) is 3.37. The van der Waals surface area contributed by atoms with Crippen molar-refractivity contribution in [3.05, 3.63) is 0 Å². The van der Waals surface area contributed by atoms with Crippen molar-refractivity contribution in [2.24, 2.45) is 5.73 Å². The Morgan fingerprint density at radius 2 is 1.93 bits per heavy atom. The zero-order chi connectivity index (χ0) is 10.6. The summed E-state index contributed by atoms with van der Waals surface area (Å²) >= 11 is 0. The molecule has 3 unspecified atom stereocenters. The molecule has 3 atom stereocenters. The summed E-state index contributed by atoms with van der Waals surface area (Å²) in [5.41, 5.74) is 5.70. The highest BCUT2D eigenvalue weighted by molar-refractivity contribution is 4.80. The summed E-state index contributed by atoms with van der Waals surface area (Å²) in [5.74, 6) is 0. The van der Waals surface area contributed by atoms with Crippen LogP contribution in [0.15, 0.2) is 0 Å². The SMILES string of the molecule is CC1CCCC(C)N1CCC(N)CO. The summed E-state index contributed by atoms with van der Waals surface area (Å²) in [7, 11) is 0. The fraction of sp³-hybridized carbons (Fsp3) is 1.00. The Kier molecular flexibility index (Phi) is 4.85. The molecule has 0 aromatic heterocycles. The van der Waals surface area contributed by atoms with Gasteiger partial charge in [-0.05, 0) is 33.1 Å². The highest BCUT2D eigenvalue weighted by Gasteiger charge is 2.24. The second-order valence-electron chi connectivity index (χ2n) is 4.60. The minimum absolute atomic E-state index is 0.0451. The molecule has 14 heavy (non-hydrogen) atoms. The van der Waals surface area contributed by atoms with Crippen LogP contribution in [-0.4, -0.2) is 41.3 Å². The van der Waals surface area contributed by atoms with Crippen LogP contribution in [0.4, 0.5) is 0 Å². The van der Waals surface area contributed by atoms with Gasteiger partial charge in [0, 0.05) is 24.7 Å². The Labute approximate surface area is 87.3 Å². The molecule has 0 aromatic carbocycles. The fourth-order valence-corrected chi connectivity index (χ4v) is 2.32. The van der Waals surface area contributed by atoms with Crippen LogP contribution < -0.4 is 5.73 Å². The van der Waals surface area contributed by atoms with E-state index in [0.29, 0.717) is 12.1 Å². The van der Waals surface area contributed by atoms with Crippen molar-refractivity contribution >= 4 is 0 Å². The predicted molar refractivity (Wildman–Crippen MR) is 59.2 cm³/mol. The molecule has 3 N–H and O–H groups in total. The molecule has 0 saturated carbocycles. The Hall–Kier alpha value is -0.120. The minimum Gasteiger partial charge on any atom is -0.395 e. The van der Waals surface area contributed by atoms with Gasteiger partial charge in [0.1, 0.15) is 0 Å². The van der Waals surface area contributed by atoms with Gasteiger partial charge in [-0.3, -0.25) is 4.90 Å². The molecular weight excluding hydrogens is 176 g/mol. The number of rotatable bonds is 4. The first-order valence-electron chi connectivity index (χ1n) is 5.77. The van der Waals surface area contributed by atoms with Crippen molar-refractivity contribution in [3.8, 4) is 0 Å². The summed E-state index contributed by atoms with van der Waals surface area (Å²) in [6.45, 7) is 5.72. The lowest BCUT2D eigenvalue weighted by Gasteiger charge is -2.39. The van der Waals surface area contributed by atoms with Gasteiger partial charge >= 0.3 is 0 Å². The smallest absolute Gasteiger partial charge is 0.0583 e. The zero-order valence-corrected chi connectivity index (χ0v) is 9.45. The lowest BCUT2D eigenvalue weighted by molar-refractivity contribution is 0.0962. The Morgan fingerprint density at radius 1 is 1.36 bits per heavy atom. The van der Waals surface area contributed by atoms with E-state index in [0.717, 1.165) is 13.0 Å². The first-order chi connectivity index (χ1) is 6.65. The van der Waals surface area contributed by atoms with Crippen molar-refractivity contribution in [1.82, 2.24) is 4.90 Å². The number of aliphatic hydroxyl groups excluding tert-OH is 1. The molecule has 0 aromatic rings. The van der Waals surface area contributed by atoms with Gasteiger partial charge in [-0.1, -0.05) is 6.42 Å². The number of aliphatic hydroxyl groups is 1. The van der Waals surface area contributed by atoms with E-state index >= 15 is 0 Å². The van der Waals surface area contributed by atoms with Gasteiger partial charge in [-0.2, -0.15) is 0 Å². The van der Waals surface area contributed by atoms with Gasteiger partial charge in [0.25, 0.3) is 0 Å². The lowest BCUT2D eigenvalue weighted by Crippen LogP contribution is -2.45. The summed E-state index contributed by atoms with van der Waals surface area (Å²) < 4.78 is 0. The summed E-state index contributed by atoms with van der Waals surface area (Å²) in [6.07, 6.45) is 4.87. The Morgan fingerprint density at radius 3 is 2.43 bits per heavy atom. The normalized spacial score (nSPS) is 31.7. The average Bonchev–Trinajstić information content (AvgIpc) is 2.16. The first kappa shape index (κ1) is 12.0. The standard InChI is InChI=1S/C11H24N2O/c1-9-4-3-5-10(2)13(9)7-6-11(12)8-14/h9-11,14H,3-8,12H2,1-2H3. The van der Waals surface area contributed by atoms with E-state index < -0.39 is 0 Å². The van der Waals surface area contributed by atoms with Gasteiger partial charge in [0.15, 0.2) is 0 Å². The molecule has 1 rings (SSSR count). The number of likely N-dealkylation sites (tertiary alicyclic amines) is 1. The second-order valence-corrected chi connectivity index (χ2v) is 4.60. The average molecular weight is 200 g/mol. The molecule has 0 aliphatic carbocycles. The van der Waals surface area contributed by atoms with Crippen LogP contribution in [0.25, 0.3) is 0 Å². The number of hydrogen-bond donors (Lipinski definition) is 2. The van der Waals surface area contributed by atoms with Crippen LogP contribution in [-0.2, 0) is 0 Å². The largest absolute Gasteiger partial charge is 0.395 e. The Balaban J connectivity index is 2.32. The molecule has 1 aliphatic rings. The van der Waals surface area contributed by atoms with Gasteiger partial charge in [0.05, 0.1) is 6.61 Å². The highest BCUT2D eigenvalue weighted by atomic mass is 16.3. The quantitative estimate of drug-likeness (QED) is 0.710. The van der Waals surface area contributed by atoms with E-state index in [2.05, 4.69) is 18.7 Å². The van der Waals surface area contributed by atoms with Crippen LogP contribution in [0.3, 0.4) is 0 Å². The molecular formula is C11H24N2O. The van der Waals surface area contributed by atoms with Crippen molar-refractivity contribution < 1.29 is 5.11 Å². The van der Waals surface area contributed by atoms with Crippen molar-refractivity contribution in [3.63, 3.8) is 0 Å². The predicted octanol–water partition coefficient (Wildman–Crippen LogP) is 0.959. The van der Waals surface area contributed by atoms with E-state index in [9.17, 15) is 0 Å². The number of nitrogens with two attached hydrogens (primary N) is 1. The molecule has 0 amide bonds. The van der Waals surface area contributed by atoms with Gasteiger partial charge in [0.2, 0.25) is 0 Å². The van der Waals surface area contributed by atoms with Gasteiger partial charge in [-0.15, -0.1) is 0 Å². The van der Waals surface area contributed by atoms with E-state index in [1.807, 2.05) is 0 Å². The van der Waals surface area contributed by atoms with Crippen LogP contribution in [0.1, 0.15) is 39.5 Å². The van der Waals surface area contributed by atoms with Crippen LogP contribution in [0.5, 0.6) is 0 Å². The maximum atomic E-state index is 8.85. The Bertz CT molecular complexity index is 153. The fourth-order valence-electron chi connectivity index (χ4n) is 2.32. The molecule has 1 aliphatic heterocycles. The maximum absolute atomic E-state index is 8.85. The van der Waals surface area contributed by atoms with Crippen LogP contribution >= 0.6 is 0 Å². The van der Waals surface area contributed by atoms with E-state index in [-0.39, 0.29) is 12.6 Å². The third kappa shape index (κ3) is 3.23. The monoisotopic (exact) mass is 200 g/mol.